The fourth-order valence-corrected chi connectivity index (χ4v) is 2.41. The summed E-state index contributed by atoms with van der Waals surface area (Å²) in [6, 6.07) is 13.0. The Labute approximate surface area is 118 Å². The fraction of sp³-hybridized carbons (Fsp3) is 0.143. The van der Waals surface area contributed by atoms with Crippen molar-refractivity contribution >= 4 is 27.7 Å². The third-order valence-electron chi connectivity index (χ3n) is 2.98. The van der Waals surface area contributed by atoms with Gasteiger partial charge in [0.1, 0.15) is 28.7 Å². The summed E-state index contributed by atoms with van der Waals surface area (Å²) in [5.41, 5.74) is 0.926. The summed E-state index contributed by atoms with van der Waals surface area (Å²) < 4.78 is 6.19. The Morgan fingerprint density at radius 2 is 2.11 bits per heavy atom. The van der Waals surface area contributed by atoms with E-state index < -0.39 is 0 Å². The van der Waals surface area contributed by atoms with Crippen LogP contribution < -0.4 is 10.1 Å². The molecule has 96 valence electrons. The summed E-state index contributed by atoms with van der Waals surface area (Å²) >= 11 is 3.27. The highest BCUT2D eigenvalue weighted by atomic mass is 79.9. The first-order valence-corrected chi connectivity index (χ1v) is 6.68. The molecule has 1 amide bonds. The van der Waals surface area contributed by atoms with Gasteiger partial charge in [-0.2, -0.15) is 0 Å². The van der Waals surface area contributed by atoms with Gasteiger partial charge in [-0.25, -0.2) is 4.98 Å². The lowest BCUT2D eigenvalue weighted by Gasteiger charge is -2.09. The molecule has 0 saturated carbocycles. The number of hydrogen-bond donors (Lipinski definition) is 1. The van der Waals surface area contributed by atoms with Gasteiger partial charge in [0, 0.05) is 5.56 Å². The molecule has 19 heavy (non-hydrogen) atoms. The van der Waals surface area contributed by atoms with Gasteiger partial charge in [0.15, 0.2) is 0 Å². The van der Waals surface area contributed by atoms with E-state index in [1.54, 1.807) is 6.07 Å². The first kappa shape index (κ1) is 12.2. The number of nitrogens with zero attached hydrogens (tertiary/aromatic N) is 1. The third-order valence-corrected chi connectivity index (χ3v) is 3.42. The molecule has 2 aromatic rings. The number of rotatable bonds is 2. The van der Waals surface area contributed by atoms with Crippen molar-refractivity contribution in [3.8, 4) is 5.75 Å². The van der Waals surface area contributed by atoms with Gasteiger partial charge in [0.05, 0.1) is 0 Å². The minimum atomic E-state index is -0.281. The van der Waals surface area contributed by atoms with Crippen LogP contribution in [0, 0.1) is 0 Å². The molecule has 0 bridgehead atoms. The molecule has 0 fully saturated rings. The lowest BCUT2D eigenvalue weighted by molar-refractivity contribution is -0.117. The molecule has 1 aromatic carbocycles. The molecule has 1 unspecified atom stereocenters. The van der Waals surface area contributed by atoms with Crippen LogP contribution in [0.5, 0.6) is 5.75 Å². The van der Waals surface area contributed by atoms with Crippen LogP contribution in [0.1, 0.15) is 11.5 Å². The second kappa shape index (κ2) is 5.01. The largest absolute Gasteiger partial charge is 0.492 e. The number of pyridine rings is 1. The van der Waals surface area contributed by atoms with Crippen molar-refractivity contribution in [2.75, 3.05) is 11.9 Å². The molecule has 1 N–H and O–H groups in total. The third kappa shape index (κ3) is 2.46. The maximum atomic E-state index is 12.2. The molecule has 5 heteroatoms. The number of nitrogens with one attached hydrogen (secondary N) is 1. The summed E-state index contributed by atoms with van der Waals surface area (Å²) in [6.07, 6.45) is 0. The van der Waals surface area contributed by atoms with Crippen LogP contribution in [0.15, 0.2) is 47.1 Å². The molecule has 3 rings (SSSR count). The summed E-state index contributed by atoms with van der Waals surface area (Å²) in [7, 11) is 0. The van der Waals surface area contributed by atoms with Crippen molar-refractivity contribution in [2.45, 2.75) is 5.92 Å². The van der Waals surface area contributed by atoms with Gasteiger partial charge >= 0.3 is 0 Å². The highest BCUT2D eigenvalue weighted by Gasteiger charge is 2.30. The second-order valence-corrected chi connectivity index (χ2v) is 5.05. The van der Waals surface area contributed by atoms with Crippen molar-refractivity contribution in [2.24, 2.45) is 0 Å². The number of halogens is 1. The number of carbonyl (C=O) groups is 1. The molecule has 1 aliphatic rings. The monoisotopic (exact) mass is 318 g/mol. The summed E-state index contributed by atoms with van der Waals surface area (Å²) in [5, 5.41) is 2.81. The Hall–Kier alpha value is -1.88. The Morgan fingerprint density at radius 3 is 2.95 bits per heavy atom. The molecule has 0 spiro atoms. The first-order chi connectivity index (χ1) is 9.24. The molecule has 2 heterocycles. The van der Waals surface area contributed by atoms with Crippen LogP contribution in [0.4, 0.5) is 5.82 Å². The van der Waals surface area contributed by atoms with E-state index in [1.807, 2.05) is 36.4 Å². The maximum Gasteiger partial charge on any atom is 0.236 e. The zero-order valence-corrected chi connectivity index (χ0v) is 11.6. The van der Waals surface area contributed by atoms with E-state index in [0.29, 0.717) is 17.0 Å². The topological polar surface area (TPSA) is 51.2 Å². The number of hydrogen-bond acceptors (Lipinski definition) is 3. The van der Waals surface area contributed by atoms with Gasteiger partial charge in [0.2, 0.25) is 5.91 Å². The SMILES string of the molecule is O=C(Nc1cccc(Br)n1)C1COc2ccccc21. The van der Waals surface area contributed by atoms with E-state index in [-0.39, 0.29) is 11.8 Å². The lowest BCUT2D eigenvalue weighted by Crippen LogP contribution is -2.22. The Morgan fingerprint density at radius 1 is 1.26 bits per heavy atom. The van der Waals surface area contributed by atoms with Gasteiger partial charge in [-0.05, 0) is 34.1 Å². The highest BCUT2D eigenvalue weighted by Crippen LogP contribution is 2.34. The number of carbonyl (C=O) groups excluding carboxylic acids is 1. The van der Waals surface area contributed by atoms with Crippen molar-refractivity contribution in [1.82, 2.24) is 4.98 Å². The quantitative estimate of drug-likeness (QED) is 0.866. The van der Waals surface area contributed by atoms with Gasteiger partial charge in [0.25, 0.3) is 0 Å². The summed E-state index contributed by atoms with van der Waals surface area (Å²) in [4.78, 5) is 16.4. The van der Waals surface area contributed by atoms with Crippen molar-refractivity contribution in [3.05, 3.63) is 52.6 Å². The minimum absolute atomic E-state index is 0.101. The van der Waals surface area contributed by atoms with Crippen LogP contribution in [0.3, 0.4) is 0 Å². The first-order valence-electron chi connectivity index (χ1n) is 5.89. The summed E-state index contributed by atoms with van der Waals surface area (Å²) in [6.45, 7) is 0.374. The standard InChI is InChI=1S/C14H11BrN2O2/c15-12-6-3-7-13(16-12)17-14(18)10-8-19-11-5-2-1-4-9(10)11/h1-7,10H,8H2,(H,16,17,18). The van der Waals surface area contributed by atoms with Crippen molar-refractivity contribution in [3.63, 3.8) is 0 Å². The zero-order valence-electron chi connectivity index (χ0n) is 9.97. The average molecular weight is 319 g/mol. The Bertz CT molecular complexity index is 630. The van der Waals surface area contributed by atoms with Gasteiger partial charge < -0.3 is 10.1 Å². The number of fused-ring (bicyclic) bond motifs is 1. The van der Waals surface area contributed by atoms with E-state index >= 15 is 0 Å². The Balaban J connectivity index is 1.79. The number of anilines is 1. The number of ether oxygens (including phenoxy) is 1. The van der Waals surface area contributed by atoms with Crippen molar-refractivity contribution in [1.29, 1.82) is 0 Å². The van der Waals surface area contributed by atoms with Crippen LogP contribution >= 0.6 is 15.9 Å². The molecular weight excluding hydrogens is 308 g/mol. The minimum Gasteiger partial charge on any atom is -0.492 e. The molecule has 4 nitrogen and oxygen atoms in total. The predicted octanol–water partition coefficient (Wildman–Crippen LogP) is 2.96. The molecule has 1 aliphatic heterocycles. The second-order valence-electron chi connectivity index (χ2n) is 4.24. The average Bonchev–Trinajstić information content (AvgIpc) is 2.82. The molecule has 0 aliphatic carbocycles. The predicted molar refractivity (Wildman–Crippen MR) is 75.2 cm³/mol. The van der Waals surface area contributed by atoms with Gasteiger partial charge in [-0.15, -0.1) is 0 Å². The number of aromatic nitrogens is 1. The van der Waals surface area contributed by atoms with E-state index in [9.17, 15) is 4.79 Å². The fourth-order valence-electron chi connectivity index (χ4n) is 2.07. The van der Waals surface area contributed by atoms with E-state index in [1.165, 1.54) is 0 Å². The molecule has 1 atom stereocenters. The van der Waals surface area contributed by atoms with Crippen LogP contribution in [-0.4, -0.2) is 17.5 Å². The van der Waals surface area contributed by atoms with Crippen LogP contribution in [0.25, 0.3) is 0 Å². The number of amides is 1. The molecular formula is C14H11BrN2O2. The van der Waals surface area contributed by atoms with E-state index in [2.05, 4.69) is 26.2 Å². The van der Waals surface area contributed by atoms with E-state index in [0.717, 1.165) is 11.3 Å². The zero-order chi connectivity index (χ0) is 13.2. The summed E-state index contributed by atoms with van der Waals surface area (Å²) in [5.74, 6) is 0.932. The van der Waals surface area contributed by atoms with Crippen LogP contribution in [0.2, 0.25) is 0 Å². The van der Waals surface area contributed by atoms with E-state index in [4.69, 9.17) is 4.74 Å². The number of para-hydroxylation sites is 1. The number of benzene rings is 1. The Kier molecular flexibility index (Phi) is 3.21. The normalized spacial score (nSPS) is 16.6. The van der Waals surface area contributed by atoms with Gasteiger partial charge in [-0.3, -0.25) is 4.79 Å². The molecule has 1 aromatic heterocycles. The van der Waals surface area contributed by atoms with Gasteiger partial charge in [-0.1, -0.05) is 24.3 Å². The maximum absolute atomic E-state index is 12.2. The van der Waals surface area contributed by atoms with Crippen molar-refractivity contribution < 1.29 is 9.53 Å². The molecule has 0 radical (unpaired) electrons. The lowest BCUT2D eigenvalue weighted by atomic mass is 10.0. The highest BCUT2D eigenvalue weighted by molar-refractivity contribution is 9.10. The van der Waals surface area contributed by atoms with Crippen LogP contribution in [-0.2, 0) is 4.79 Å². The molecule has 0 saturated heterocycles. The smallest absolute Gasteiger partial charge is 0.236 e.